The van der Waals surface area contributed by atoms with Crippen molar-refractivity contribution in [3.05, 3.63) is 48.7 Å². The summed E-state index contributed by atoms with van der Waals surface area (Å²) in [4.78, 5) is 16.1. The van der Waals surface area contributed by atoms with E-state index in [9.17, 15) is 4.79 Å². The lowest BCUT2D eigenvalue weighted by Gasteiger charge is -2.14. The number of carbonyl (C=O) groups excluding carboxylic acids is 1. The zero-order chi connectivity index (χ0) is 15.9. The van der Waals surface area contributed by atoms with Gasteiger partial charge in [-0.15, -0.1) is 24.8 Å². The Hall–Kier alpha value is -1.82. The summed E-state index contributed by atoms with van der Waals surface area (Å²) in [7, 11) is 0. The third kappa shape index (κ3) is 7.17. The molecule has 0 aliphatic rings. The second-order valence-corrected chi connectivity index (χ2v) is 5.53. The van der Waals surface area contributed by atoms with Crippen LogP contribution in [0.3, 0.4) is 0 Å². The van der Waals surface area contributed by atoms with E-state index >= 15 is 0 Å². The van der Waals surface area contributed by atoms with Gasteiger partial charge in [-0.1, -0.05) is 32.0 Å². The normalized spacial score (nSPS) is 11.0. The van der Waals surface area contributed by atoms with Crippen LogP contribution in [0.15, 0.2) is 48.7 Å². The number of amides is 1. The molecule has 132 valence electrons. The Kier molecular flexibility index (Phi) is 10.0. The number of benzene rings is 1. The molecule has 7 heteroatoms. The molecule has 0 saturated carbocycles. The van der Waals surface area contributed by atoms with Gasteiger partial charge in [0.15, 0.2) is 0 Å². The fourth-order valence-electron chi connectivity index (χ4n) is 1.97. The smallest absolute Gasteiger partial charge is 0.241 e. The van der Waals surface area contributed by atoms with E-state index in [1.165, 1.54) is 0 Å². The van der Waals surface area contributed by atoms with E-state index in [2.05, 4.69) is 10.3 Å². The van der Waals surface area contributed by atoms with E-state index in [1.807, 2.05) is 44.2 Å². The number of carbonyl (C=O) groups is 1. The number of ether oxygens (including phenoxy) is 1. The SMILES string of the molecule is CC(C)C[C@H](N)C(=O)Nc1ccc(Oc2ccccc2)nc1.Cl.Cl. The van der Waals surface area contributed by atoms with Crippen LogP contribution in [-0.4, -0.2) is 16.9 Å². The lowest BCUT2D eigenvalue weighted by Crippen LogP contribution is -2.36. The summed E-state index contributed by atoms with van der Waals surface area (Å²) in [5.41, 5.74) is 6.44. The first-order valence-electron chi connectivity index (χ1n) is 7.30. The number of pyridine rings is 1. The lowest BCUT2D eigenvalue weighted by atomic mass is 10.0. The molecular formula is C17H23Cl2N3O2. The van der Waals surface area contributed by atoms with E-state index in [0.29, 0.717) is 29.7 Å². The van der Waals surface area contributed by atoms with Crippen molar-refractivity contribution in [2.45, 2.75) is 26.3 Å². The first-order chi connectivity index (χ1) is 10.5. The van der Waals surface area contributed by atoms with Crippen molar-refractivity contribution >= 4 is 36.4 Å². The maximum atomic E-state index is 11.9. The maximum Gasteiger partial charge on any atom is 0.241 e. The van der Waals surface area contributed by atoms with Crippen LogP contribution in [-0.2, 0) is 4.79 Å². The van der Waals surface area contributed by atoms with E-state index < -0.39 is 6.04 Å². The largest absolute Gasteiger partial charge is 0.439 e. The number of hydrogen-bond donors (Lipinski definition) is 2. The molecule has 3 N–H and O–H groups in total. The molecule has 0 saturated heterocycles. The Balaban J connectivity index is 0.00000264. The highest BCUT2D eigenvalue weighted by Gasteiger charge is 2.15. The summed E-state index contributed by atoms with van der Waals surface area (Å²) in [6, 6.07) is 12.3. The minimum Gasteiger partial charge on any atom is -0.439 e. The molecule has 0 radical (unpaired) electrons. The molecule has 1 aromatic heterocycles. The number of para-hydroxylation sites is 1. The van der Waals surface area contributed by atoms with Crippen LogP contribution in [0.25, 0.3) is 0 Å². The van der Waals surface area contributed by atoms with Gasteiger partial charge in [-0.05, 0) is 30.5 Å². The predicted octanol–water partition coefficient (Wildman–Crippen LogP) is 4.03. The van der Waals surface area contributed by atoms with E-state index in [1.54, 1.807) is 18.3 Å². The highest BCUT2D eigenvalue weighted by molar-refractivity contribution is 5.94. The predicted molar refractivity (Wildman–Crippen MR) is 101 cm³/mol. The van der Waals surface area contributed by atoms with Crippen LogP contribution < -0.4 is 15.8 Å². The Morgan fingerprint density at radius 1 is 1.17 bits per heavy atom. The van der Waals surface area contributed by atoms with Crippen LogP contribution in [0.2, 0.25) is 0 Å². The van der Waals surface area contributed by atoms with E-state index in [4.69, 9.17) is 10.5 Å². The second kappa shape index (κ2) is 10.9. The van der Waals surface area contributed by atoms with Crippen LogP contribution in [0, 0.1) is 5.92 Å². The summed E-state index contributed by atoms with van der Waals surface area (Å²) >= 11 is 0. The molecule has 0 aliphatic carbocycles. The van der Waals surface area contributed by atoms with Gasteiger partial charge in [0, 0.05) is 6.07 Å². The van der Waals surface area contributed by atoms with Crippen LogP contribution in [0.4, 0.5) is 5.69 Å². The third-order valence-electron chi connectivity index (χ3n) is 3.03. The maximum absolute atomic E-state index is 11.9. The van der Waals surface area contributed by atoms with Gasteiger partial charge in [0.2, 0.25) is 11.8 Å². The van der Waals surface area contributed by atoms with Crippen LogP contribution in [0.1, 0.15) is 20.3 Å². The summed E-state index contributed by atoms with van der Waals surface area (Å²) in [6.07, 6.45) is 2.20. The monoisotopic (exact) mass is 371 g/mol. The molecule has 0 spiro atoms. The summed E-state index contributed by atoms with van der Waals surface area (Å²) in [5.74, 6) is 1.36. The standard InChI is InChI=1S/C17H21N3O2.2ClH/c1-12(2)10-15(18)17(21)20-13-8-9-16(19-11-13)22-14-6-4-3-5-7-14;;/h3-9,11-12,15H,10,18H2,1-2H3,(H,20,21);2*1H/t15-;;/m0../s1. The Morgan fingerprint density at radius 3 is 2.38 bits per heavy atom. The summed E-state index contributed by atoms with van der Waals surface area (Å²) < 4.78 is 5.59. The molecule has 0 unspecified atom stereocenters. The number of rotatable bonds is 6. The number of nitrogens with one attached hydrogen (secondary N) is 1. The van der Waals surface area contributed by atoms with Crippen molar-refractivity contribution in [1.82, 2.24) is 4.98 Å². The molecule has 1 heterocycles. The first-order valence-corrected chi connectivity index (χ1v) is 7.30. The summed E-state index contributed by atoms with van der Waals surface area (Å²) in [6.45, 7) is 4.06. The van der Waals surface area contributed by atoms with Gasteiger partial charge in [-0.25, -0.2) is 4.98 Å². The van der Waals surface area contributed by atoms with Gasteiger partial charge in [-0.2, -0.15) is 0 Å². The van der Waals surface area contributed by atoms with Gasteiger partial charge in [0.1, 0.15) is 5.75 Å². The molecule has 0 fully saturated rings. The number of hydrogen-bond acceptors (Lipinski definition) is 4. The van der Waals surface area contributed by atoms with E-state index in [-0.39, 0.29) is 30.7 Å². The quantitative estimate of drug-likeness (QED) is 0.803. The molecule has 5 nitrogen and oxygen atoms in total. The fraction of sp³-hybridized carbons (Fsp3) is 0.294. The van der Waals surface area contributed by atoms with Crippen molar-refractivity contribution in [2.75, 3.05) is 5.32 Å². The van der Waals surface area contributed by atoms with Crippen molar-refractivity contribution < 1.29 is 9.53 Å². The van der Waals surface area contributed by atoms with Crippen molar-refractivity contribution in [1.29, 1.82) is 0 Å². The number of anilines is 1. The minimum absolute atomic E-state index is 0. The van der Waals surface area contributed by atoms with Crippen molar-refractivity contribution in [3.8, 4) is 11.6 Å². The minimum atomic E-state index is -0.514. The zero-order valence-electron chi connectivity index (χ0n) is 13.6. The van der Waals surface area contributed by atoms with Gasteiger partial charge < -0.3 is 15.8 Å². The van der Waals surface area contributed by atoms with Gasteiger partial charge in [0.05, 0.1) is 17.9 Å². The van der Waals surface area contributed by atoms with Crippen LogP contribution in [0.5, 0.6) is 11.6 Å². The molecule has 1 aromatic carbocycles. The van der Waals surface area contributed by atoms with Crippen molar-refractivity contribution in [2.24, 2.45) is 11.7 Å². The van der Waals surface area contributed by atoms with E-state index in [0.717, 1.165) is 0 Å². The number of aromatic nitrogens is 1. The Labute approximate surface area is 154 Å². The molecule has 0 bridgehead atoms. The highest BCUT2D eigenvalue weighted by Crippen LogP contribution is 2.19. The summed E-state index contributed by atoms with van der Waals surface area (Å²) in [5, 5.41) is 2.76. The second-order valence-electron chi connectivity index (χ2n) is 5.53. The zero-order valence-corrected chi connectivity index (χ0v) is 15.3. The molecular weight excluding hydrogens is 349 g/mol. The molecule has 0 aliphatic heterocycles. The van der Waals surface area contributed by atoms with Gasteiger partial charge in [-0.3, -0.25) is 4.79 Å². The molecule has 24 heavy (non-hydrogen) atoms. The van der Waals surface area contributed by atoms with Gasteiger partial charge >= 0.3 is 0 Å². The number of nitrogens with two attached hydrogens (primary N) is 1. The topological polar surface area (TPSA) is 77.2 Å². The Bertz CT molecular complexity index is 607. The van der Waals surface area contributed by atoms with Gasteiger partial charge in [0.25, 0.3) is 0 Å². The average molecular weight is 372 g/mol. The average Bonchev–Trinajstić information content (AvgIpc) is 2.49. The third-order valence-corrected chi connectivity index (χ3v) is 3.03. The molecule has 1 atom stereocenters. The molecule has 2 aromatic rings. The lowest BCUT2D eigenvalue weighted by molar-refractivity contribution is -0.117. The molecule has 2 rings (SSSR count). The number of halogens is 2. The fourth-order valence-corrected chi connectivity index (χ4v) is 1.97. The highest BCUT2D eigenvalue weighted by atomic mass is 35.5. The van der Waals surface area contributed by atoms with Crippen molar-refractivity contribution in [3.63, 3.8) is 0 Å². The molecule has 1 amide bonds. The first kappa shape index (κ1) is 22.2. The Morgan fingerprint density at radius 2 is 1.83 bits per heavy atom. The van der Waals surface area contributed by atoms with Crippen LogP contribution >= 0.6 is 24.8 Å². The number of nitrogens with zero attached hydrogens (tertiary/aromatic N) is 1.